The van der Waals surface area contributed by atoms with Crippen LogP contribution < -0.4 is 0 Å². The zero-order chi connectivity index (χ0) is 83.8. The lowest BCUT2D eigenvalue weighted by Gasteiger charge is -2.24. The molecule has 0 radical (unpaired) electrons. The van der Waals surface area contributed by atoms with Crippen LogP contribution in [0.3, 0.4) is 0 Å². The Bertz CT molecular complexity index is 1550. The van der Waals surface area contributed by atoms with Gasteiger partial charge in [-0.25, -0.2) is 0 Å². The van der Waals surface area contributed by atoms with Crippen molar-refractivity contribution in [2.45, 2.75) is 257 Å². The van der Waals surface area contributed by atoms with Crippen molar-refractivity contribution in [1.29, 1.82) is 0 Å². The molecule has 24 heteroatoms. The molecule has 0 spiro atoms. The minimum absolute atomic E-state index is 0.648. The van der Waals surface area contributed by atoms with Crippen LogP contribution in [0.5, 0.6) is 0 Å². The summed E-state index contributed by atoms with van der Waals surface area (Å²) in [6, 6.07) is 0. The molecule has 8 bridgehead atoms. The lowest BCUT2D eigenvalue weighted by atomic mass is 10.1. The van der Waals surface area contributed by atoms with Gasteiger partial charge in [0.15, 0.2) is 0 Å². The van der Waals surface area contributed by atoms with Crippen LogP contribution in [0, 0.1) is 0 Å². The highest BCUT2D eigenvalue weighted by molar-refractivity contribution is 4.69. The van der Waals surface area contributed by atoms with Crippen LogP contribution in [0.1, 0.15) is 257 Å². The molecule has 11 heterocycles. The summed E-state index contributed by atoms with van der Waals surface area (Å²) in [7, 11) is 0. The lowest BCUT2D eigenvalue weighted by Crippen LogP contribution is -2.34. The molecule has 712 valence electrons. The predicted molar refractivity (Wildman–Crippen MR) is 489 cm³/mol. The molecule has 0 aromatic carbocycles. The topological polar surface area (TPSA) is 174 Å². The van der Waals surface area contributed by atoms with Crippen LogP contribution in [0.25, 0.3) is 0 Å². The fourth-order valence-electron chi connectivity index (χ4n) is 16.7. The first-order chi connectivity index (χ1) is 59.8. The van der Waals surface area contributed by atoms with Crippen molar-refractivity contribution >= 4 is 0 Å². The predicted octanol–water partition coefficient (Wildman–Crippen LogP) is 14.3. The van der Waals surface area contributed by atoms with E-state index in [1.807, 2.05) is 0 Å². The second kappa shape index (κ2) is 88.7. The van der Waals surface area contributed by atoms with Gasteiger partial charge in [-0.2, -0.15) is 0 Å². The van der Waals surface area contributed by atoms with Gasteiger partial charge in [0.05, 0.1) is 211 Å². The maximum absolute atomic E-state index is 6.10. The Hall–Kier alpha value is -0.960. The van der Waals surface area contributed by atoms with Crippen LogP contribution in [0.15, 0.2) is 0 Å². The third-order valence-corrected chi connectivity index (χ3v) is 24.6. The Kier molecular flexibility index (Phi) is 81.0. The first kappa shape index (κ1) is 110. The molecule has 24 nitrogen and oxygen atoms in total. The van der Waals surface area contributed by atoms with E-state index >= 15 is 0 Å². The van der Waals surface area contributed by atoms with Crippen LogP contribution in [0.4, 0.5) is 0 Å². The van der Waals surface area contributed by atoms with E-state index in [1.165, 1.54) is 257 Å². The van der Waals surface area contributed by atoms with Gasteiger partial charge in [-0.3, -0.25) is 39.2 Å². The number of hydrogen-bond donors (Lipinski definition) is 0. The van der Waals surface area contributed by atoms with E-state index in [2.05, 4.69) is 39.2 Å². The minimum Gasteiger partial charge on any atom is -0.378 e. The second-order valence-electron chi connectivity index (χ2n) is 34.7. The summed E-state index contributed by atoms with van der Waals surface area (Å²) in [5.41, 5.74) is 0. The van der Waals surface area contributed by atoms with Crippen LogP contribution in [0.2, 0.25) is 0 Å². The second-order valence-corrected chi connectivity index (χ2v) is 34.7. The van der Waals surface area contributed by atoms with Gasteiger partial charge in [-0.15, -0.1) is 0 Å². The molecule has 0 amide bonds. The molecule has 0 atom stereocenters. The molecular weight excluding hydrogens is 1520 g/mol. The summed E-state index contributed by atoms with van der Waals surface area (Å²) >= 11 is 0. The number of hydrogen-bond acceptors (Lipinski definition) is 24. The number of ether oxygens (including phenoxy) is 16. The van der Waals surface area contributed by atoms with Crippen molar-refractivity contribution in [2.24, 2.45) is 0 Å². The summed E-state index contributed by atoms with van der Waals surface area (Å²) in [5.74, 6) is 0. The highest BCUT2D eigenvalue weighted by atomic mass is 16.6. The highest BCUT2D eigenvalue weighted by Gasteiger charge is 2.16. The van der Waals surface area contributed by atoms with Gasteiger partial charge in [-0.05, 0) is 104 Å². The third-order valence-electron chi connectivity index (χ3n) is 24.6. The first-order valence-electron chi connectivity index (χ1n) is 50.8. The smallest absolute Gasteiger partial charge is 0.0701 e. The third kappa shape index (κ3) is 72.9. The van der Waals surface area contributed by atoms with Crippen molar-refractivity contribution in [3.8, 4) is 0 Å². The Morgan fingerprint density at radius 1 is 0.0667 bits per heavy atom. The van der Waals surface area contributed by atoms with Crippen molar-refractivity contribution in [3.63, 3.8) is 0 Å². The van der Waals surface area contributed by atoms with Gasteiger partial charge in [0, 0.05) is 105 Å². The molecule has 0 aromatic rings. The fourth-order valence-corrected chi connectivity index (χ4v) is 16.7. The molecule has 11 aliphatic rings. The first-order valence-corrected chi connectivity index (χ1v) is 50.8. The Morgan fingerprint density at radius 3 is 0.208 bits per heavy atom. The largest absolute Gasteiger partial charge is 0.378 e. The summed E-state index contributed by atoms with van der Waals surface area (Å²) in [6.07, 6.45) is 52.2. The summed E-state index contributed by atoms with van der Waals surface area (Å²) in [5, 5.41) is 0. The van der Waals surface area contributed by atoms with E-state index in [9.17, 15) is 0 Å². The Labute approximate surface area is 736 Å². The standard InChI is InChI=1S/C96H192N8O16/c1-2-10-18-26-34-42-98-51-67-107-85-87-111-71-55-100(56-72-112-88-86-108-68-52-98)44-36-28-20-12-5-6-14-22-30-38-46-102-59-75-115-93-95-119-79-63-104(64-80-120-96-94-116-76-60-102)48-40-32-24-16-8-7-15-23-31-39-47-103-61-77-117-91-89-113-73-57-101(58-74-114-90-92-118-78-62-103)45-37-29-21-13-4-3-11-19-27-35-43-99-53-69-109-83-81-105-65-49-97(41-33-25-17-9-1)50-66-106-82-84-110-70-54-99/h1-96H2. The monoisotopic (exact) mass is 1710 g/mol. The molecule has 0 saturated carbocycles. The van der Waals surface area contributed by atoms with Crippen LogP contribution in [-0.4, -0.2) is 408 Å². The Morgan fingerprint density at radius 2 is 0.133 bits per heavy atom. The van der Waals surface area contributed by atoms with E-state index in [0.29, 0.717) is 106 Å². The van der Waals surface area contributed by atoms with Gasteiger partial charge < -0.3 is 75.8 Å². The van der Waals surface area contributed by atoms with Gasteiger partial charge >= 0.3 is 0 Å². The SMILES string of the molecule is C1CCCCCCN2CCOCCOCCN(CCCCCCCCCCCCN3CCOCCOCCN(CCCCCCCCCCCCN4CCOCCOCCN(CCCCCCCCCCCCN5CCOCCOCCN(CCCCC1)CCOCCOCC5)CCOCCOCC4)CCOCCOCC3)CCOCCOCC2. The summed E-state index contributed by atoms with van der Waals surface area (Å²) in [4.78, 5) is 20.2. The summed E-state index contributed by atoms with van der Waals surface area (Å²) < 4.78 is 97.7. The van der Waals surface area contributed by atoms with Crippen LogP contribution >= 0.6 is 0 Å². The van der Waals surface area contributed by atoms with Crippen molar-refractivity contribution in [3.05, 3.63) is 0 Å². The van der Waals surface area contributed by atoms with Gasteiger partial charge in [0.2, 0.25) is 0 Å². The maximum atomic E-state index is 6.10. The fraction of sp³-hybridized carbons (Fsp3) is 1.00. The zero-order valence-corrected chi connectivity index (χ0v) is 78.0. The molecule has 11 aliphatic heterocycles. The van der Waals surface area contributed by atoms with E-state index in [-0.39, 0.29) is 0 Å². The van der Waals surface area contributed by atoms with Gasteiger partial charge in [-0.1, -0.05) is 205 Å². The average molecular weight is 1710 g/mol. The van der Waals surface area contributed by atoms with Gasteiger partial charge in [0.1, 0.15) is 0 Å². The van der Waals surface area contributed by atoms with E-state index in [1.54, 1.807) is 0 Å². The minimum atomic E-state index is 0.648. The van der Waals surface area contributed by atoms with E-state index in [4.69, 9.17) is 75.8 Å². The average Bonchev–Trinajstić information content (AvgIpc) is 1.02. The molecule has 11 fully saturated rings. The number of nitrogens with zero attached hydrogens (tertiary/aromatic N) is 8. The molecule has 0 unspecified atom stereocenters. The van der Waals surface area contributed by atoms with Gasteiger partial charge in [0.25, 0.3) is 0 Å². The Balaban J connectivity index is 0.965. The molecule has 0 N–H and O–H groups in total. The van der Waals surface area contributed by atoms with E-state index < -0.39 is 0 Å². The molecule has 0 aromatic heterocycles. The normalized spacial score (nSPS) is 29.6. The van der Waals surface area contributed by atoms with Crippen molar-refractivity contribution in [1.82, 2.24) is 39.2 Å². The molecular formula is C96H192N8O16. The van der Waals surface area contributed by atoms with E-state index in [0.717, 1.165) is 263 Å². The van der Waals surface area contributed by atoms with Crippen molar-refractivity contribution < 1.29 is 75.8 Å². The quantitative estimate of drug-likeness (QED) is 0.224. The summed E-state index contributed by atoms with van der Waals surface area (Å²) in [6.45, 7) is 45.9. The number of rotatable bonds is 0. The molecule has 0 aliphatic carbocycles. The molecule has 120 heavy (non-hydrogen) atoms. The molecule has 11 saturated heterocycles. The molecule has 11 rings (SSSR count). The van der Waals surface area contributed by atoms with Crippen LogP contribution in [-0.2, 0) is 75.8 Å². The van der Waals surface area contributed by atoms with Crippen molar-refractivity contribution in [2.75, 3.05) is 368 Å². The lowest BCUT2D eigenvalue weighted by molar-refractivity contribution is 0.00775. The highest BCUT2D eigenvalue weighted by Crippen LogP contribution is 2.18. The zero-order valence-electron chi connectivity index (χ0n) is 78.0. The maximum Gasteiger partial charge on any atom is 0.0701 e.